The molecule has 1 heterocycles. The fourth-order valence-corrected chi connectivity index (χ4v) is 2.22. The van der Waals surface area contributed by atoms with Crippen molar-refractivity contribution in [3.63, 3.8) is 0 Å². The van der Waals surface area contributed by atoms with E-state index in [0.29, 0.717) is 11.3 Å². The molecule has 1 atom stereocenters. The minimum absolute atomic E-state index is 0.112. The van der Waals surface area contributed by atoms with Crippen molar-refractivity contribution in [2.75, 3.05) is 17.7 Å². The van der Waals surface area contributed by atoms with E-state index >= 15 is 0 Å². The minimum Gasteiger partial charge on any atom is -0.481 e. The summed E-state index contributed by atoms with van der Waals surface area (Å²) in [7, 11) is 1.17. The topological polar surface area (TPSA) is 160 Å². The maximum Gasteiger partial charge on any atom is 0.407 e. The number of nitrogens with one attached hydrogen (secondary N) is 3. The zero-order chi connectivity index (χ0) is 17.9. The monoisotopic (exact) mass is 338 g/mol. The third kappa shape index (κ3) is 3.69. The van der Waals surface area contributed by atoms with Crippen LogP contribution in [0, 0.1) is 10.1 Å². The first kappa shape index (κ1) is 17.0. The quantitative estimate of drug-likeness (QED) is 0.450. The molecule has 0 radical (unpaired) electrons. The molecule has 0 aromatic heterocycles. The summed E-state index contributed by atoms with van der Waals surface area (Å²) in [5, 5.41) is 27.4. The van der Waals surface area contributed by atoms with Crippen molar-refractivity contribution in [2.45, 2.75) is 19.0 Å². The highest BCUT2D eigenvalue weighted by atomic mass is 16.6. The van der Waals surface area contributed by atoms with E-state index in [0.717, 1.165) is 6.07 Å². The number of fused-ring (bicyclic) bond motifs is 1. The van der Waals surface area contributed by atoms with Crippen LogP contribution in [0.3, 0.4) is 0 Å². The summed E-state index contributed by atoms with van der Waals surface area (Å²) in [6, 6.07) is 1.34. The zero-order valence-corrected chi connectivity index (χ0v) is 12.5. The number of carbonyl (C=O) groups excluding carboxylic acids is 2. The van der Waals surface area contributed by atoms with Crippen LogP contribution in [0.15, 0.2) is 12.1 Å². The van der Waals surface area contributed by atoms with Crippen LogP contribution in [0.5, 0.6) is 0 Å². The molecule has 128 valence electrons. The largest absolute Gasteiger partial charge is 0.481 e. The molecule has 1 aliphatic heterocycles. The number of carboxylic acids is 1. The average Bonchev–Trinajstić information content (AvgIpc) is 2.52. The van der Waals surface area contributed by atoms with Crippen LogP contribution in [0.1, 0.15) is 12.0 Å². The van der Waals surface area contributed by atoms with Crippen molar-refractivity contribution >= 4 is 35.0 Å². The van der Waals surface area contributed by atoms with Gasteiger partial charge in [0.25, 0.3) is 5.69 Å². The highest BCUT2D eigenvalue weighted by Gasteiger charge is 2.30. The summed E-state index contributed by atoms with van der Waals surface area (Å²) in [6.07, 6.45) is -1.20. The molecular formula is C13H14N4O7. The number of carbonyl (C=O) groups is 3. The van der Waals surface area contributed by atoms with E-state index in [1.165, 1.54) is 13.2 Å². The van der Waals surface area contributed by atoms with E-state index in [1.807, 2.05) is 0 Å². The van der Waals surface area contributed by atoms with Crippen LogP contribution in [-0.4, -0.2) is 41.2 Å². The molecule has 1 aromatic rings. The Labute approximate surface area is 135 Å². The Kier molecular flexibility index (Phi) is 4.82. The van der Waals surface area contributed by atoms with Gasteiger partial charge in [0.15, 0.2) is 0 Å². The molecule has 1 aliphatic rings. The molecule has 2 amide bonds. The molecule has 0 spiro atoms. The third-order valence-corrected chi connectivity index (χ3v) is 3.30. The van der Waals surface area contributed by atoms with Gasteiger partial charge >= 0.3 is 12.1 Å². The first-order valence-corrected chi connectivity index (χ1v) is 6.74. The number of benzene rings is 1. The normalized spacial score (nSPS) is 15.5. The lowest BCUT2D eigenvalue weighted by Gasteiger charge is -2.27. The number of carboxylic acid groups (broad SMARTS) is 1. The number of non-ortho nitro benzene ring substituents is 1. The predicted octanol–water partition coefficient (Wildman–Crippen LogP) is 0.658. The van der Waals surface area contributed by atoms with Crippen molar-refractivity contribution in [2.24, 2.45) is 0 Å². The number of alkyl carbamates (subject to hydrolysis) is 1. The van der Waals surface area contributed by atoms with Gasteiger partial charge in [0.2, 0.25) is 5.91 Å². The standard InChI is InChI=1S/C13H14N4O7/c1-24-13(21)14-5-6-2-7(17(22)23)3-8-11(6)15-9(4-10(18)19)12(20)16-8/h2-3,9,15H,4-5H2,1H3,(H,14,21)(H,16,20)(H,18,19). The molecule has 1 aromatic carbocycles. The van der Waals surface area contributed by atoms with Crippen LogP contribution >= 0.6 is 0 Å². The van der Waals surface area contributed by atoms with E-state index in [2.05, 4.69) is 20.7 Å². The van der Waals surface area contributed by atoms with Gasteiger partial charge in [-0.3, -0.25) is 19.7 Å². The number of nitrogens with zero attached hydrogens (tertiary/aromatic N) is 1. The summed E-state index contributed by atoms with van der Waals surface area (Å²) in [6.45, 7) is -0.112. The number of methoxy groups -OCH3 is 1. The molecule has 4 N–H and O–H groups in total. The fraction of sp³-hybridized carbons (Fsp3) is 0.308. The number of aliphatic carboxylic acids is 1. The second kappa shape index (κ2) is 6.81. The van der Waals surface area contributed by atoms with E-state index in [4.69, 9.17) is 5.11 Å². The van der Waals surface area contributed by atoms with Crippen molar-refractivity contribution in [3.05, 3.63) is 27.8 Å². The average molecular weight is 338 g/mol. The molecular weight excluding hydrogens is 324 g/mol. The van der Waals surface area contributed by atoms with E-state index in [-0.39, 0.29) is 17.9 Å². The lowest BCUT2D eigenvalue weighted by atomic mass is 10.0. The van der Waals surface area contributed by atoms with Gasteiger partial charge in [-0.05, 0) is 0 Å². The number of nitro benzene ring substituents is 1. The Morgan fingerprint density at radius 3 is 2.75 bits per heavy atom. The van der Waals surface area contributed by atoms with Crippen LogP contribution < -0.4 is 16.0 Å². The van der Waals surface area contributed by atoms with Crippen molar-refractivity contribution in [3.8, 4) is 0 Å². The van der Waals surface area contributed by atoms with E-state index in [1.54, 1.807) is 0 Å². The van der Waals surface area contributed by atoms with Crippen molar-refractivity contribution < 1.29 is 29.2 Å². The van der Waals surface area contributed by atoms with Gasteiger partial charge in [0.05, 0.1) is 29.8 Å². The number of amides is 2. The van der Waals surface area contributed by atoms with Crippen LogP contribution in [0.25, 0.3) is 0 Å². The molecule has 11 heteroatoms. The van der Waals surface area contributed by atoms with E-state index < -0.39 is 35.4 Å². The second-order valence-corrected chi connectivity index (χ2v) is 4.91. The SMILES string of the molecule is COC(=O)NCc1cc([N+](=O)[O-])cc2c1NC(CC(=O)O)C(=O)N2. The number of anilines is 2. The molecule has 0 saturated carbocycles. The zero-order valence-electron chi connectivity index (χ0n) is 12.5. The summed E-state index contributed by atoms with van der Waals surface area (Å²) in [5.74, 6) is -1.79. The lowest BCUT2D eigenvalue weighted by Crippen LogP contribution is -2.41. The number of rotatable bonds is 5. The van der Waals surface area contributed by atoms with Gasteiger partial charge in [-0.1, -0.05) is 0 Å². The Bertz CT molecular complexity index is 719. The molecule has 0 saturated heterocycles. The first-order valence-electron chi connectivity index (χ1n) is 6.74. The molecule has 0 fully saturated rings. The predicted molar refractivity (Wildman–Crippen MR) is 80.6 cm³/mol. The minimum atomic E-state index is -1.18. The summed E-state index contributed by atoms with van der Waals surface area (Å²) < 4.78 is 4.43. The second-order valence-electron chi connectivity index (χ2n) is 4.91. The molecule has 0 aliphatic carbocycles. The smallest absolute Gasteiger partial charge is 0.407 e. The maximum absolute atomic E-state index is 11.9. The highest BCUT2D eigenvalue weighted by Crippen LogP contribution is 2.35. The van der Waals surface area contributed by atoms with Gasteiger partial charge in [-0.2, -0.15) is 0 Å². The Balaban J connectivity index is 2.38. The van der Waals surface area contributed by atoms with Crippen molar-refractivity contribution in [1.29, 1.82) is 0 Å². The molecule has 2 rings (SSSR count). The van der Waals surface area contributed by atoms with Gasteiger partial charge in [0, 0.05) is 24.2 Å². The van der Waals surface area contributed by atoms with Crippen molar-refractivity contribution in [1.82, 2.24) is 5.32 Å². The summed E-state index contributed by atoms with van der Waals surface area (Å²) in [4.78, 5) is 44.3. The van der Waals surface area contributed by atoms with Gasteiger partial charge < -0.3 is 25.8 Å². The highest BCUT2D eigenvalue weighted by molar-refractivity contribution is 6.05. The Morgan fingerprint density at radius 2 is 2.17 bits per heavy atom. The van der Waals surface area contributed by atoms with Gasteiger partial charge in [0.1, 0.15) is 6.04 Å². The summed E-state index contributed by atoms with van der Waals surface area (Å²) >= 11 is 0. The van der Waals surface area contributed by atoms with Crippen LogP contribution in [-0.2, 0) is 20.9 Å². The number of ether oxygens (including phenoxy) is 1. The van der Waals surface area contributed by atoms with Gasteiger partial charge in [-0.25, -0.2) is 4.79 Å². The molecule has 11 nitrogen and oxygen atoms in total. The maximum atomic E-state index is 11.9. The lowest BCUT2D eigenvalue weighted by molar-refractivity contribution is -0.384. The molecule has 24 heavy (non-hydrogen) atoms. The number of hydrogen-bond acceptors (Lipinski definition) is 7. The van der Waals surface area contributed by atoms with Crippen LogP contribution in [0.2, 0.25) is 0 Å². The van der Waals surface area contributed by atoms with E-state index in [9.17, 15) is 24.5 Å². The van der Waals surface area contributed by atoms with Crippen LogP contribution in [0.4, 0.5) is 21.9 Å². The Morgan fingerprint density at radius 1 is 1.46 bits per heavy atom. The first-order chi connectivity index (χ1) is 11.3. The molecule has 0 bridgehead atoms. The van der Waals surface area contributed by atoms with Gasteiger partial charge in [-0.15, -0.1) is 0 Å². The number of hydrogen-bond donors (Lipinski definition) is 4. The fourth-order valence-electron chi connectivity index (χ4n) is 2.22. The Hall–Kier alpha value is -3.37. The molecule has 1 unspecified atom stereocenters. The third-order valence-electron chi connectivity index (χ3n) is 3.30. The number of nitro groups is 1. The summed E-state index contributed by atoms with van der Waals surface area (Å²) in [5.41, 5.74) is 0.467.